The van der Waals surface area contributed by atoms with E-state index in [1.54, 1.807) is 12.3 Å². The Morgan fingerprint density at radius 3 is 2.77 bits per heavy atom. The van der Waals surface area contributed by atoms with E-state index in [9.17, 15) is 14.4 Å². The first-order chi connectivity index (χ1) is 12.6. The number of H-pyrrole nitrogens is 1. The van der Waals surface area contributed by atoms with Crippen molar-refractivity contribution in [2.45, 2.75) is 6.54 Å². The molecule has 130 valence electrons. The van der Waals surface area contributed by atoms with Gasteiger partial charge in [0, 0.05) is 24.1 Å². The van der Waals surface area contributed by atoms with Gasteiger partial charge in [0.15, 0.2) is 0 Å². The summed E-state index contributed by atoms with van der Waals surface area (Å²) in [6, 6.07) is 14.1. The van der Waals surface area contributed by atoms with Crippen molar-refractivity contribution in [1.82, 2.24) is 14.5 Å². The van der Waals surface area contributed by atoms with Crippen molar-refractivity contribution in [3.63, 3.8) is 0 Å². The second-order valence-corrected chi connectivity index (χ2v) is 5.50. The first-order valence-electron chi connectivity index (χ1n) is 7.89. The summed E-state index contributed by atoms with van der Waals surface area (Å²) in [6.07, 6.45) is 6.77. The highest BCUT2D eigenvalue weighted by atomic mass is 16.2. The van der Waals surface area contributed by atoms with E-state index in [1.165, 1.54) is 12.3 Å². The molecule has 3 aromatic rings. The summed E-state index contributed by atoms with van der Waals surface area (Å²) in [7, 11) is 0. The number of pyridine rings is 1. The number of anilines is 1. The van der Waals surface area contributed by atoms with Gasteiger partial charge in [-0.2, -0.15) is 0 Å². The molecule has 0 aliphatic carbocycles. The molecule has 1 amide bonds. The van der Waals surface area contributed by atoms with Gasteiger partial charge in [-0.3, -0.25) is 24.1 Å². The molecule has 0 saturated carbocycles. The number of amides is 1. The van der Waals surface area contributed by atoms with Gasteiger partial charge in [0.1, 0.15) is 6.54 Å². The van der Waals surface area contributed by atoms with Crippen molar-refractivity contribution >= 4 is 23.7 Å². The van der Waals surface area contributed by atoms with Gasteiger partial charge in [0.2, 0.25) is 5.91 Å². The third-order valence-corrected chi connectivity index (χ3v) is 3.52. The van der Waals surface area contributed by atoms with E-state index >= 15 is 0 Å². The predicted octanol–water partition coefficient (Wildman–Crippen LogP) is 1.74. The molecule has 0 atom stereocenters. The first-order valence-corrected chi connectivity index (χ1v) is 7.89. The van der Waals surface area contributed by atoms with E-state index in [1.807, 2.05) is 48.6 Å². The quantitative estimate of drug-likeness (QED) is 0.734. The summed E-state index contributed by atoms with van der Waals surface area (Å²) >= 11 is 0. The normalized spacial score (nSPS) is 10.8. The van der Waals surface area contributed by atoms with Gasteiger partial charge >= 0.3 is 5.69 Å². The second kappa shape index (κ2) is 7.89. The van der Waals surface area contributed by atoms with E-state index in [4.69, 9.17) is 0 Å². The summed E-state index contributed by atoms with van der Waals surface area (Å²) < 4.78 is 1.13. The van der Waals surface area contributed by atoms with Crippen LogP contribution in [-0.4, -0.2) is 20.4 Å². The lowest BCUT2D eigenvalue weighted by molar-refractivity contribution is -0.116. The Kier molecular flexibility index (Phi) is 5.19. The molecule has 26 heavy (non-hydrogen) atoms. The number of nitrogens with zero attached hydrogens (tertiary/aromatic N) is 2. The van der Waals surface area contributed by atoms with Gasteiger partial charge in [-0.1, -0.05) is 24.3 Å². The molecule has 2 N–H and O–H groups in total. The van der Waals surface area contributed by atoms with Crippen LogP contribution < -0.4 is 16.6 Å². The lowest BCUT2D eigenvalue weighted by atomic mass is 10.1. The minimum Gasteiger partial charge on any atom is -0.325 e. The Morgan fingerprint density at radius 1 is 1.12 bits per heavy atom. The Hall–Kier alpha value is -3.74. The molecule has 0 fully saturated rings. The molecule has 0 radical (unpaired) electrons. The number of nitrogens with one attached hydrogen (secondary N) is 2. The highest BCUT2D eigenvalue weighted by Gasteiger charge is 2.05. The van der Waals surface area contributed by atoms with Crippen LogP contribution >= 0.6 is 0 Å². The van der Waals surface area contributed by atoms with E-state index < -0.39 is 11.2 Å². The smallest absolute Gasteiger partial charge is 0.325 e. The fourth-order valence-corrected chi connectivity index (χ4v) is 2.30. The summed E-state index contributed by atoms with van der Waals surface area (Å²) in [5, 5.41) is 2.73. The molecule has 0 aliphatic rings. The second-order valence-electron chi connectivity index (χ2n) is 5.50. The number of carbonyl (C=O) groups excluding carboxylic acids is 1. The first kappa shape index (κ1) is 17.1. The minimum atomic E-state index is -0.625. The zero-order valence-electron chi connectivity index (χ0n) is 13.8. The molecule has 2 heterocycles. The largest absolute Gasteiger partial charge is 0.328 e. The molecule has 0 aliphatic heterocycles. The van der Waals surface area contributed by atoms with Crippen LogP contribution in [-0.2, 0) is 11.3 Å². The van der Waals surface area contributed by atoms with Crippen LogP contribution in [0.3, 0.4) is 0 Å². The minimum absolute atomic E-state index is 0.191. The van der Waals surface area contributed by atoms with Crippen LogP contribution in [0.15, 0.2) is 70.5 Å². The van der Waals surface area contributed by atoms with Gasteiger partial charge in [-0.15, -0.1) is 0 Å². The molecule has 0 unspecified atom stereocenters. The van der Waals surface area contributed by atoms with Gasteiger partial charge in [-0.25, -0.2) is 4.79 Å². The van der Waals surface area contributed by atoms with Crippen molar-refractivity contribution < 1.29 is 4.79 Å². The van der Waals surface area contributed by atoms with Gasteiger partial charge in [0.05, 0.1) is 5.69 Å². The van der Waals surface area contributed by atoms with Crippen molar-refractivity contribution in [3.8, 4) is 0 Å². The maximum absolute atomic E-state index is 12.1. The number of hydrogen-bond donors (Lipinski definition) is 2. The van der Waals surface area contributed by atoms with Gasteiger partial charge in [-0.05, 0) is 35.9 Å². The lowest BCUT2D eigenvalue weighted by Gasteiger charge is -2.07. The zero-order valence-corrected chi connectivity index (χ0v) is 13.8. The average Bonchev–Trinajstić information content (AvgIpc) is 2.63. The van der Waals surface area contributed by atoms with Crippen LogP contribution in [0.1, 0.15) is 11.3 Å². The SMILES string of the molecule is O=C(Cn1ccc(=O)[nH]c1=O)Nc1cccc(/C=C/c2ccccn2)c1. The van der Waals surface area contributed by atoms with Crippen molar-refractivity contribution in [1.29, 1.82) is 0 Å². The number of aromatic amines is 1. The van der Waals surface area contributed by atoms with Gasteiger partial charge < -0.3 is 5.32 Å². The Morgan fingerprint density at radius 2 is 2.00 bits per heavy atom. The molecule has 2 aromatic heterocycles. The van der Waals surface area contributed by atoms with E-state index in [-0.39, 0.29) is 12.5 Å². The van der Waals surface area contributed by atoms with Crippen molar-refractivity contribution in [2.75, 3.05) is 5.32 Å². The van der Waals surface area contributed by atoms with Crippen molar-refractivity contribution in [3.05, 3.63) is 93.0 Å². The van der Waals surface area contributed by atoms with Crippen LogP contribution in [0.25, 0.3) is 12.2 Å². The number of aromatic nitrogens is 3. The third-order valence-electron chi connectivity index (χ3n) is 3.52. The molecule has 7 nitrogen and oxygen atoms in total. The summed E-state index contributed by atoms with van der Waals surface area (Å²) in [5.74, 6) is -0.370. The summed E-state index contributed by atoms with van der Waals surface area (Å²) in [4.78, 5) is 41.1. The third kappa shape index (κ3) is 4.64. The maximum atomic E-state index is 12.1. The van der Waals surface area contributed by atoms with Crippen molar-refractivity contribution in [2.24, 2.45) is 0 Å². The van der Waals surface area contributed by atoms with Crippen LogP contribution in [0.5, 0.6) is 0 Å². The van der Waals surface area contributed by atoms with E-state index in [0.29, 0.717) is 5.69 Å². The Labute approximate surface area is 148 Å². The highest BCUT2D eigenvalue weighted by molar-refractivity contribution is 5.91. The Bertz CT molecular complexity index is 1050. The number of benzene rings is 1. The molecule has 1 aromatic carbocycles. The number of rotatable bonds is 5. The molecular weight excluding hydrogens is 332 g/mol. The van der Waals surface area contributed by atoms with Crippen LogP contribution in [0, 0.1) is 0 Å². The molecular formula is C19H16N4O3. The monoisotopic (exact) mass is 348 g/mol. The number of carbonyl (C=O) groups is 1. The molecule has 0 spiro atoms. The topological polar surface area (TPSA) is 96.9 Å². The molecule has 3 rings (SSSR count). The fourth-order valence-electron chi connectivity index (χ4n) is 2.30. The Balaban J connectivity index is 1.68. The average molecular weight is 348 g/mol. The molecule has 7 heteroatoms. The lowest BCUT2D eigenvalue weighted by Crippen LogP contribution is -2.32. The summed E-state index contributed by atoms with van der Waals surface area (Å²) in [5.41, 5.74) is 1.21. The molecule has 0 bridgehead atoms. The van der Waals surface area contributed by atoms with Crippen LogP contribution in [0.2, 0.25) is 0 Å². The van der Waals surface area contributed by atoms with Gasteiger partial charge in [0.25, 0.3) is 5.56 Å². The zero-order chi connectivity index (χ0) is 18.4. The van der Waals surface area contributed by atoms with E-state index in [0.717, 1.165) is 15.8 Å². The fraction of sp³-hybridized carbons (Fsp3) is 0.0526. The molecule has 0 saturated heterocycles. The maximum Gasteiger partial charge on any atom is 0.328 e. The number of hydrogen-bond acceptors (Lipinski definition) is 4. The predicted molar refractivity (Wildman–Crippen MR) is 99.6 cm³/mol. The standard InChI is InChI=1S/C19H16N4O3/c24-17-9-11-23(19(26)22-17)13-18(25)21-16-6-3-4-14(12-16)7-8-15-5-1-2-10-20-15/h1-12H,13H2,(H,21,25)(H,22,24,26)/b8-7+. The van der Waals surface area contributed by atoms with E-state index in [2.05, 4.69) is 15.3 Å². The summed E-state index contributed by atoms with van der Waals surface area (Å²) in [6.45, 7) is -0.191. The van der Waals surface area contributed by atoms with Crippen LogP contribution in [0.4, 0.5) is 5.69 Å². The highest BCUT2D eigenvalue weighted by Crippen LogP contribution is 2.13.